The molecule has 6 heteroatoms. The number of hydrogen-bond donors (Lipinski definition) is 5. The molecule has 0 aromatic rings. The molecular weight excluding hydrogens is 188 g/mol. The highest BCUT2D eigenvalue weighted by molar-refractivity contribution is 4.54. The number of rotatable bonds is 7. The third-order valence-corrected chi connectivity index (χ3v) is 1.38. The van der Waals surface area contributed by atoms with Crippen LogP contribution in [0, 0.1) is 0 Å². The fraction of sp³-hybridized carbons (Fsp3) is 1.00. The summed E-state index contributed by atoms with van der Waals surface area (Å²) in [6.07, 6.45) is 0. The zero-order valence-corrected chi connectivity index (χ0v) is 8.47. The summed E-state index contributed by atoms with van der Waals surface area (Å²) in [5.74, 6) is 0. The molecule has 0 rings (SSSR count). The van der Waals surface area contributed by atoms with Crippen molar-refractivity contribution in [2.24, 2.45) is 5.73 Å². The third-order valence-electron chi connectivity index (χ3n) is 1.38. The van der Waals surface area contributed by atoms with Crippen molar-refractivity contribution in [1.29, 1.82) is 0 Å². The van der Waals surface area contributed by atoms with E-state index in [1.807, 2.05) is 0 Å². The smallest absolute Gasteiger partial charge is 0.0558 e. The Balaban J connectivity index is 0. The Morgan fingerprint density at radius 1 is 0.714 bits per heavy atom. The van der Waals surface area contributed by atoms with E-state index >= 15 is 0 Å². The van der Waals surface area contributed by atoms with Crippen LogP contribution in [0.25, 0.3) is 0 Å². The summed E-state index contributed by atoms with van der Waals surface area (Å²) < 4.78 is 0. The molecule has 0 aromatic heterocycles. The van der Waals surface area contributed by atoms with E-state index in [-0.39, 0.29) is 26.4 Å². The van der Waals surface area contributed by atoms with Gasteiger partial charge in [-0.25, -0.2) is 0 Å². The summed E-state index contributed by atoms with van der Waals surface area (Å²) in [7, 11) is 0. The molecule has 0 amide bonds. The molecule has 0 saturated heterocycles. The maximum Gasteiger partial charge on any atom is 0.0558 e. The van der Waals surface area contributed by atoms with E-state index < -0.39 is 0 Å². The SMILES string of the molecule is NCCO.OCCN(CCO)CCO. The van der Waals surface area contributed by atoms with Gasteiger partial charge < -0.3 is 26.2 Å². The zero-order valence-electron chi connectivity index (χ0n) is 8.47. The van der Waals surface area contributed by atoms with Gasteiger partial charge in [-0.15, -0.1) is 0 Å². The maximum atomic E-state index is 8.48. The summed E-state index contributed by atoms with van der Waals surface area (Å²) >= 11 is 0. The third kappa shape index (κ3) is 14.3. The van der Waals surface area contributed by atoms with Gasteiger partial charge in [0, 0.05) is 26.2 Å². The highest BCUT2D eigenvalue weighted by Crippen LogP contribution is 1.84. The van der Waals surface area contributed by atoms with E-state index in [1.54, 1.807) is 4.90 Å². The van der Waals surface area contributed by atoms with Gasteiger partial charge in [0.05, 0.1) is 26.4 Å². The highest BCUT2D eigenvalue weighted by Gasteiger charge is 2.00. The van der Waals surface area contributed by atoms with Crippen LogP contribution in [-0.4, -0.2) is 77.9 Å². The van der Waals surface area contributed by atoms with Gasteiger partial charge in [0.1, 0.15) is 0 Å². The molecule has 0 spiro atoms. The van der Waals surface area contributed by atoms with E-state index in [9.17, 15) is 0 Å². The Bertz CT molecular complexity index is 79.1. The lowest BCUT2D eigenvalue weighted by Gasteiger charge is -2.17. The monoisotopic (exact) mass is 210 g/mol. The van der Waals surface area contributed by atoms with E-state index in [1.165, 1.54) is 0 Å². The lowest BCUT2D eigenvalue weighted by molar-refractivity contribution is 0.136. The fourth-order valence-electron chi connectivity index (χ4n) is 0.760. The molecule has 0 atom stereocenters. The molecule has 0 radical (unpaired) electrons. The van der Waals surface area contributed by atoms with Crippen LogP contribution in [0.2, 0.25) is 0 Å². The second-order valence-corrected chi connectivity index (χ2v) is 2.52. The predicted octanol–water partition coefficient (Wildman–Crippen LogP) is -2.80. The molecule has 0 bridgehead atoms. The van der Waals surface area contributed by atoms with Gasteiger partial charge >= 0.3 is 0 Å². The van der Waals surface area contributed by atoms with Crippen LogP contribution in [0.15, 0.2) is 0 Å². The number of aliphatic hydroxyl groups is 4. The molecule has 0 unspecified atom stereocenters. The molecule has 88 valence electrons. The lowest BCUT2D eigenvalue weighted by atomic mass is 10.4. The van der Waals surface area contributed by atoms with Crippen molar-refractivity contribution in [2.45, 2.75) is 0 Å². The average molecular weight is 210 g/mol. The van der Waals surface area contributed by atoms with Crippen LogP contribution in [0.5, 0.6) is 0 Å². The van der Waals surface area contributed by atoms with Crippen molar-refractivity contribution in [3.8, 4) is 0 Å². The first-order chi connectivity index (χ1) is 6.76. The van der Waals surface area contributed by atoms with Gasteiger partial charge in [0.15, 0.2) is 0 Å². The van der Waals surface area contributed by atoms with Gasteiger partial charge in [-0.05, 0) is 0 Å². The summed E-state index contributed by atoms with van der Waals surface area (Å²) in [5.41, 5.74) is 4.78. The van der Waals surface area contributed by atoms with Crippen molar-refractivity contribution in [1.82, 2.24) is 4.90 Å². The topological polar surface area (TPSA) is 110 Å². The summed E-state index contributed by atoms with van der Waals surface area (Å²) in [6.45, 7) is 2.23. The Labute approximate surface area is 84.6 Å². The number of aliphatic hydroxyl groups excluding tert-OH is 4. The standard InChI is InChI=1S/C6H15NO3.C2H7NO/c8-4-1-7(2-5-9)3-6-10;3-1-2-4/h8-10H,1-6H2;4H,1-3H2. The van der Waals surface area contributed by atoms with Crippen molar-refractivity contribution in [3.63, 3.8) is 0 Å². The van der Waals surface area contributed by atoms with Crippen molar-refractivity contribution in [3.05, 3.63) is 0 Å². The molecule has 6 nitrogen and oxygen atoms in total. The molecule has 14 heavy (non-hydrogen) atoms. The van der Waals surface area contributed by atoms with E-state index in [0.717, 1.165) is 0 Å². The molecule has 0 aliphatic rings. The van der Waals surface area contributed by atoms with Crippen LogP contribution in [0.1, 0.15) is 0 Å². The quantitative estimate of drug-likeness (QED) is 0.310. The van der Waals surface area contributed by atoms with Crippen molar-refractivity contribution in [2.75, 3.05) is 52.6 Å². The lowest BCUT2D eigenvalue weighted by Crippen LogP contribution is -2.32. The minimum absolute atomic E-state index is 0.0694. The summed E-state index contributed by atoms with van der Waals surface area (Å²) in [6, 6.07) is 0. The second kappa shape index (κ2) is 15.2. The minimum Gasteiger partial charge on any atom is -0.395 e. The largest absolute Gasteiger partial charge is 0.395 e. The Kier molecular flexibility index (Phi) is 17.6. The van der Waals surface area contributed by atoms with Crippen LogP contribution < -0.4 is 5.73 Å². The van der Waals surface area contributed by atoms with Crippen LogP contribution in [0.4, 0.5) is 0 Å². The van der Waals surface area contributed by atoms with Crippen molar-refractivity contribution >= 4 is 0 Å². The fourth-order valence-corrected chi connectivity index (χ4v) is 0.760. The maximum absolute atomic E-state index is 8.48. The predicted molar refractivity (Wildman–Crippen MR) is 53.8 cm³/mol. The molecule has 0 aromatic carbocycles. The molecule has 0 aliphatic carbocycles. The van der Waals surface area contributed by atoms with Gasteiger partial charge in [0.2, 0.25) is 0 Å². The molecular formula is C8H22N2O4. The van der Waals surface area contributed by atoms with Gasteiger partial charge in [-0.2, -0.15) is 0 Å². The van der Waals surface area contributed by atoms with Crippen LogP contribution in [0.3, 0.4) is 0 Å². The minimum atomic E-state index is 0.0694. The Hall–Kier alpha value is -0.240. The second-order valence-electron chi connectivity index (χ2n) is 2.52. The Morgan fingerprint density at radius 3 is 1.14 bits per heavy atom. The first-order valence-corrected chi connectivity index (χ1v) is 4.62. The van der Waals surface area contributed by atoms with E-state index in [0.29, 0.717) is 26.2 Å². The van der Waals surface area contributed by atoms with Gasteiger partial charge in [-0.1, -0.05) is 0 Å². The van der Waals surface area contributed by atoms with E-state index in [4.69, 9.17) is 26.2 Å². The number of nitrogens with two attached hydrogens (primary N) is 1. The molecule has 6 N–H and O–H groups in total. The van der Waals surface area contributed by atoms with Gasteiger partial charge in [0.25, 0.3) is 0 Å². The van der Waals surface area contributed by atoms with Crippen LogP contribution in [-0.2, 0) is 0 Å². The molecule has 0 heterocycles. The molecule has 0 fully saturated rings. The molecule has 0 aliphatic heterocycles. The summed E-state index contributed by atoms with van der Waals surface area (Å²) in [5, 5.41) is 33.2. The average Bonchev–Trinajstić information content (AvgIpc) is 2.20. The Morgan fingerprint density at radius 2 is 1.00 bits per heavy atom. The van der Waals surface area contributed by atoms with E-state index in [2.05, 4.69) is 0 Å². The number of hydrogen-bond acceptors (Lipinski definition) is 6. The summed E-state index contributed by atoms with van der Waals surface area (Å²) in [4.78, 5) is 1.79. The van der Waals surface area contributed by atoms with Crippen LogP contribution >= 0.6 is 0 Å². The first-order valence-electron chi connectivity index (χ1n) is 4.62. The first kappa shape index (κ1) is 16.2. The molecule has 0 saturated carbocycles. The zero-order chi connectivity index (χ0) is 11.2. The van der Waals surface area contributed by atoms with Crippen molar-refractivity contribution < 1.29 is 20.4 Å². The normalized spacial score (nSPS) is 9.86. The number of nitrogens with zero attached hydrogens (tertiary/aromatic N) is 1. The highest BCUT2D eigenvalue weighted by atomic mass is 16.3. The van der Waals surface area contributed by atoms with Gasteiger partial charge in [-0.3, -0.25) is 4.90 Å².